The van der Waals surface area contributed by atoms with Gasteiger partial charge in [-0.3, -0.25) is 9.69 Å². The van der Waals surface area contributed by atoms with Crippen LogP contribution in [0, 0.1) is 0 Å². The lowest BCUT2D eigenvalue weighted by Crippen LogP contribution is -2.62. The number of piperazine rings is 1. The average molecular weight is 451 g/mol. The Morgan fingerprint density at radius 3 is 2.47 bits per heavy atom. The van der Waals surface area contributed by atoms with Crippen LogP contribution in [-0.2, 0) is 14.6 Å². The minimum atomic E-state index is -3.24. The van der Waals surface area contributed by atoms with Crippen molar-refractivity contribution in [1.82, 2.24) is 4.90 Å². The summed E-state index contributed by atoms with van der Waals surface area (Å²) < 4.78 is 35.7. The standard InChI is InChI=1S/C21H23ClN2O5S/c1-28-17-5-7-18(8-6-17)29-10-9-23-12-21(25)24(16-4-2-3-15(22)11-16)20-14-30(26,27)13-19(20)23/h2-8,11,19-20H,9-10,12-14H2,1H3. The maximum absolute atomic E-state index is 13.0. The van der Waals surface area contributed by atoms with E-state index in [1.807, 2.05) is 29.2 Å². The van der Waals surface area contributed by atoms with Crippen LogP contribution in [0.3, 0.4) is 0 Å². The predicted octanol–water partition coefficient (Wildman–Crippen LogP) is 2.24. The molecule has 0 saturated carbocycles. The van der Waals surface area contributed by atoms with E-state index in [4.69, 9.17) is 21.1 Å². The van der Waals surface area contributed by atoms with Gasteiger partial charge in [-0.05, 0) is 42.5 Å². The molecule has 0 aromatic heterocycles. The Morgan fingerprint density at radius 2 is 1.77 bits per heavy atom. The lowest BCUT2D eigenvalue weighted by molar-refractivity contribution is -0.123. The highest BCUT2D eigenvalue weighted by Gasteiger charge is 2.49. The third kappa shape index (κ3) is 4.40. The zero-order valence-electron chi connectivity index (χ0n) is 16.5. The molecule has 2 fully saturated rings. The number of amides is 1. The molecule has 2 aliphatic heterocycles. The van der Waals surface area contributed by atoms with E-state index >= 15 is 0 Å². The molecule has 160 valence electrons. The summed E-state index contributed by atoms with van der Waals surface area (Å²) in [6.07, 6.45) is 0. The van der Waals surface area contributed by atoms with E-state index in [2.05, 4.69) is 0 Å². The molecule has 2 unspecified atom stereocenters. The molecule has 4 rings (SSSR count). The average Bonchev–Trinajstić information content (AvgIpc) is 3.03. The summed E-state index contributed by atoms with van der Waals surface area (Å²) >= 11 is 6.09. The lowest BCUT2D eigenvalue weighted by Gasteiger charge is -2.43. The molecule has 0 aliphatic carbocycles. The fourth-order valence-corrected chi connectivity index (χ4v) is 6.28. The van der Waals surface area contributed by atoms with Gasteiger partial charge < -0.3 is 14.4 Å². The van der Waals surface area contributed by atoms with Crippen molar-refractivity contribution in [2.24, 2.45) is 0 Å². The molecule has 2 aromatic rings. The first-order chi connectivity index (χ1) is 14.4. The summed E-state index contributed by atoms with van der Waals surface area (Å²) in [7, 11) is -1.65. The Morgan fingerprint density at radius 1 is 1.07 bits per heavy atom. The van der Waals surface area contributed by atoms with Crippen molar-refractivity contribution in [2.45, 2.75) is 12.1 Å². The topological polar surface area (TPSA) is 76.2 Å². The molecule has 2 saturated heterocycles. The molecule has 2 atom stereocenters. The molecular weight excluding hydrogens is 428 g/mol. The number of rotatable bonds is 6. The second-order valence-corrected chi connectivity index (χ2v) is 10.0. The zero-order chi connectivity index (χ0) is 21.3. The molecule has 30 heavy (non-hydrogen) atoms. The fourth-order valence-electron chi connectivity index (χ4n) is 4.12. The SMILES string of the molecule is COc1ccc(OCCN2CC(=O)N(c3cccc(Cl)c3)C3CS(=O)(=O)CC32)cc1. The lowest BCUT2D eigenvalue weighted by atomic mass is 10.0. The highest BCUT2D eigenvalue weighted by molar-refractivity contribution is 7.91. The van der Waals surface area contributed by atoms with Crippen molar-refractivity contribution in [3.8, 4) is 11.5 Å². The van der Waals surface area contributed by atoms with Gasteiger partial charge in [0.05, 0.1) is 31.2 Å². The zero-order valence-corrected chi connectivity index (χ0v) is 18.1. The van der Waals surface area contributed by atoms with Gasteiger partial charge in [0.2, 0.25) is 5.91 Å². The summed E-state index contributed by atoms with van der Waals surface area (Å²) in [6.45, 7) is 0.938. The number of fused-ring (bicyclic) bond motifs is 1. The monoisotopic (exact) mass is 450 g/mol. The van der Waals surface area contributed by atoms with E-state index in [-0.39, 0.29) is 30.0 Å². The molecule has 1 amide bonds. The van der Waals surface area contributed by atoms with Crippen LogP contribution in [0.25, 0.3) is 0 Å². The molecule has 2 aromatic carbocycles. The van der Waals surface area contributed by atoms with Crippen LogP contribution >= 0.6 is 11.6 Å². The van der Waals surface area contributed by atoms with Gasteiger partial charge in [0.1, 0.15) is 18.1 Å². The Labute approximate surface area is 181 Å². The molecule has 9 heteroatoms. The normalized spacial score (nSPS) is 23.3. The van der Waals surface area contributed by atoms with Gasteiger partial charge in [0, 0.05) is 23.3 Å². The van der Waals surface area contributed by atoms with Crippen molar-refractivity contribution >= 4 is 33.0 Å². The molecule has 0 radical (unpaired) electrons. The van der Waals surface area contributed by atoms with Crippen LogP contribution in [0.15, 0.2) is 48.5 Å². The van der Waals surface area contributed by atoms with E-state index in [1.54, 1.807) is 36.3 Å². The first-order valence-electron chi connectivity index (χ1n) is 9.65. The Bertz CT molecular complexity index is 1030. The number of methoxy groups -OCH3 is 1. The van der Waals surface area contributed by atoms with Gasteiger partial charge in [-0.25, -0.2) is 8.42 Å². The number of carbonyl (C=O) groups is 1. The first kappa shape index (κ1) is 21.0. The fraction of sp³-hybridized carbons (Fsp3) is 0.381. The van der Waals surface area contributed by atoms with Crippen molar-refractivity contribution < 1.29 is 22.7 Å². The van der Waals surface area contributed by atoms with E-state index in [9.17, 15) is 13.2 Å². The maximum atomic E-state index is 13.0. The van der Waals surface area contributed by atoms with Crippen molar-refractivity contribution in [2.75, 3.05) is 43.2 Å². The summed E-state index contributed by atoms with van der Waals surface area (Å²) in [5, 5.41) is 0.507. The molecule has 0 bridgehead atoms. The first-order valence-corrected chi connectivity index (χ1v) is 11.9. The Kier molecular flexibility index (Phi) is 5.90. The van der Waals surface area contributed by atoms with Gasteiger partial charge in [-0.2, -0.15) is 0 Å². The van der Waals surface area contributed by atoms with Crippen molar-refractivity contribution in [3.05, 3.63) is 53.6 Å². The summed E-state index contributed by atoms with van der Waals surface area (Å²) in [4.78, 5) is 16.5. The highest BCUT2D eigenvalue weighted by atomic mass is 35.5. The Balaban J connectivity index is 1.48. The second kappa shape index (κ2) is 8.45. The molecule has 7 nitrogen and oxygen atoms in total. The number of halogens is 1. The number of hydrogen-bond acceptors (Lipinski definition) is 6. The van der Waals surface area contributed by atoms with Crippen LogP contribution in [0.5, 0.6) is 11.5 Å². The van der Waals surface area contributed by atoms with E-state index < -0.39 is 15.9 Å². The molecule has 2 heterocycles. The number of ether oxygens (including phenoxy) is 2. The van der Waals surface area contributed by atoms with Crippen LogP contribution in [0.1, 0.15) is 0 Å². The van der Waals surface area contributed by atoms with Crippen LogP contribution in [0.2, 0.25) is 5.02 Å². The minimum Gasteiger partial charge on any atom is -0.497 e. The van der Waals surface area contributed by atoms with Crippen molar-refractivity contribution in [3.63, 3.8) is 0 Å². The number of anilines is 1. The third-order valence-corrected chi connectivity index (χ3v) is 7.43. The third-order valence-electron chi connectivity index (χ3n) is 5.49. The van der Waals surface area contributed by atoms with Gasteiger partial charge in [0.25, 0.3) is 0 Å². The Hall–Kier alpha value is -2.29. The maximum Gasteiger partial charge on any atom is 0.241 e. The van der Waals surface area contributed by atoms with Crippen molar-refractivity contribution in [1.29, 1.82) is 0 Å². The summed E-state index contributed by atoms with van der Waals surface area (Å²) in [5.74, 6) is 1.27. The number of sulfone groups is 1. The van der Waals surface area contributed by atoms with Crippen LogP contribution in [0.4, 0.5) is 5.69 Å². The highest BCUT2D eigenvalue weighted by Crippen LogP contribution is 2.32. The smallest absolute Gasteiger partial charge is 0.241 e. The largest absolute Gasteiger partial charge is 0.497 e. The van der Waals surface area contributed by atoms with E-state index in [0.29, 0.717) is 29.6 Å². The summed E-state index contributed by atoms with van der Waals surface area (Å²) in [6, 6.07) is 13.5. The van der Waals surface area contributed by atoms with Gasteiger partial charge >= 0.3 is 0 Å². The second-order valence-electron chi connectivity index (χ2n) is 7.45. The minimum absolute atomic E-state index is 0.0323. The van der Waals surface area contributed by atoms with E-state index in [0.717, 1.165) is 5.75 Å². The number of benzene rings is 2. The van der Waals surface area contributed by atoms with Gasteiger partial charge in [-0.1, -0.05) is 17.7 Å². The molecule has 2 aliphatic rings. The van der Waals surface area contributed by atoms with Crippen LogP contribution in [-0.4, -0.2) is 69.6 Å². The number of hydrogen-bond donors (Lipinski definition) is 0. The predicted molar refractivity (Wildman–Crippen MR) is 115 cm³/mol. The number of carbonyl (C=O) groups excluding carboxylic acids is 1. The molecular formula is C21H23ClN2O5S. The molecule has 0 spiro atoms. The summed E-state index contributed by atoms with van der Waals surface area (Å²) in [5.41, 5.74) is 0.633. The molecule has 0 N–H and O–H groups in total. The van der Waals surface area contributed by atoms with E-state index in [1.165, 1.54) is 0 Å². The quantitative estimate of drug-likeness (QED) is 0.671. The number of nitrogens with zero attached hydrogens (tertiary/aromatic N) is 2. The van der Waals surface area contributed by atoms with Gasteiger partial charge in [0.15, 0.2) is 9.84 Å². The van der Waals surface area contributed by atoms with Gasteiger partial charge in [-0.15, -0.1) is 0 Å². The van der Waals surface area contributed by atoms with Crippen LogP contribution < -0.4 is 14.4 Å².